The highest BCUT2D eigenvalue weighted by Crippen LogP contribution is 2.26. The van der Waals surface area contributed by atoms with Gasteiger partial charge >= 0.3 is 5.97 Å². The van der Waals surface area contributed by atoms with Gasteiger partial charge in [-0.1, -0.05) is 12.1 Å². The van der Waals surface area contributed by atoms with Crippen LogP contribution in [0.15, 0.2) is 29.8 Å². The van der Waals surface area contributed by atoms with E-state index in [9.17, 15) is 14.3 Å². The summed E-state index contributed by atoms with van der Waals surface area (Å²) >= 11 is 1.23. The fourth-order valence-electron chi connectivity index (χ4n) is 1.56. The van der Waals surface area contributed by atoms with Crippen molar-refractivity contribution in [2.45, 2.75) is 13.0 Å². The van der Waals surface area contributed by atoms with Gasteiger partial charge in [0.05, 0.1) is 21.8 Å². The summed E-state index contributed by atoms with van der Waals surface area (Å²) in [7, 11) is 0. The van der Waals surface area contributed by atoms with E-state index >= 15 is 0 Å². The Balaban J connectivity index is 2.31. The third-order valence-corrected chi connectivity index (χ3v) is 3.46. The molecule has 6 heteroatoms. The molecule has 1 unspecified atom stereocenters. The van der Waals surface area contributed by atoms with Crippen LogP contribution in [0, 0.1) is 12.7 Å². The van der Waals surface area contributed by atoms with Gasteiger partial charge in [0.2, 0.25) is 0 Å². The van der Waals surface area contributed by atoms with Crippen LogP contribution in [0.5, 0.6) is 0 Å². The van der Waals surface area contributed by atoms with Crippen LogP contribution in [0.4, 0.5) is 10.1 Å². The second-order valence-electron chi connectivity index (χ2n) is 3.70. The molecule has 18 heavy (non-hydrogen) atoms. The van der Waals surface area contributed by atoms with Gasteiger partial charge in [-0.15, -0.1) is 11.3 Å². The number of carboxylic acid groups (broad SMARTS) is 1. The van der Waals surface area contributed by atoms with Crippen molar-refractivity contribution < 1.29 is 14.3 Å². The summed E-state index contributed by atoms with van der Waals surface area (Å²) in [4.78, 5) is 15.8. The fraction of sp³-hybridized carbons (Fsp3) is 0.167. The number of nitrogens with zero attached hydrogens (tertiary/aromatic N) is 1. The summed E-state index contributed by atoms with van der Waals surface area (Å²) in [5.74, 6) is -1.54. The molecule has 0 saturated carbocycles. The Morgan fingerprint density at radius 3 is 2.78 bits per heavy atom. The first-order valence-corrected chi connectivity index (χ1v) is 6.11. The van der Waals surface area contributed by atoms with Crippen molar-refractivity contribution in [3.63, 3.8) is 0 Å². The van der Waals surface area contributed by atoms with Crippen molar-refractivity contribution in [3.05, 3.63) is 46.2 Å². The summed E-state index contributed by atoms with van der Waals surface area (Å²) in [6.07, 6.45) is 0. The zero-order valence-corrected chi connectivity index (χ0v) is 10.4. The van der Waals surface area contributed by atoms with Gasteiger partial charge in [-0.25, -0.2) is 14.2 Å². The Hall–Kier alpha value is -1.95. The molecule has 1 heterocycles. The highest BCUT2D eigenvalue weighted by atomic mass is 32.1. The Bertz CT molecular complexity index is 571. The lowest BCUT2D eigenvalue weighted by Gasteiger charge is -2.15. The minimum absolute atomic E-state index is 0.165. The fourth-order valence-corrected chi connectivity index (χ4v) is 2.40. The minimum atomic E-state index is -1.06. The molecule has 4 nitrogen and oxygen atoms in total. The summed E-state index contributed by atoms with van der Waals surface area (Å²) < 4.78 is 13.5. The normalized spacial score (nSPS) is 12.1. The average molecular weight is 266 g/mol. The number of nitrogens with one attached hydrogen (secondary N) is 1. The van der Waals surface area contributed by atoms with Gasteiger partial charge in [-0.05, 0) is 19.1 Å². The predicted molar refractivity (Wildman–Crippen MR) is 67.3 cm³/mol. The number of aromatic nitrogens is 1. The first-order chi connectivity index (χ1) is 8.59. The lowest BCUT2D eigenvalue weighted by molar-refractivity contribution is -0.138. The van der Waals surface area contributed by atoms with Crippen LogP contribution in [0.1, 0.15) is 16.6 Å². The molecule has 1 atom stereocenters. The largest absolute Gasteiger partial charge is 0.479 e. The van der Waals surface area contributed by atoms with Crippen LogP contribution in [0.2, 0.25) is 0 Å². The molecule has 2 aromatic rings. The number of hydrogen-bond donors (Lipinski definition) is 2. The van der Waals surface area contributed by atoms with Gasteiger partial charge in [0.1, 0.15) is 5.82 Å². The predicted octanol–water partition coefficient (Wildman–Crippen LogP) is 2.83. The number of para-hydroxylation sites is 1. The molecule has 0 spiro atoms. The van der Waals surface area contributed by atoms with Crippen molar-refractivity contribution in [2.75, 3.05) is 5.32 Å². The Morgan fingerprint density at radius 2 is 2.22 bits per heavy atom. The molecule has 2 rings (SSSR count). The minimum Gasteiger partial charge on any atom is -0.479 e. The number of benzene rings is 1. The molecule has 0 aliphatic carbocycles. The number of anilines is 1. The molecule has 0 aliphatic heterocycles. The van der Waals surface area contributed by atoms with Gasteiger partial charge in [0, 0.05) is 0 Å². The van der Waals surface area contributed by atoms with Gasteiger partial charge in [0.25, 0.3) is 0 Å². The quantitative estimate of drug-likeness (QED) is 0.893. The third kappa shape index (κ3) is 2.48. The van der Waals surface area contributed by atoms with Crippen molar-refractivity contribution in [1.29, 1.82) is 0 Å². The maximum Gasteiger partial charge on any atom is 0.331 e. The first kappa shape index (κ1) is 12.5. The Morgan fingerprint density at radius 1 is 1.50 bits per heavy atom. The smallest absolute Gasteiger partial charge is 0.331 e. The van der Waals surface area contributed by atoms with Gasteiger partial charge < -0.3 is 10.4 Å². The SMILES string of the molecule is Cc1ncsc1C(Nc1ccccc1F)C(=O)O. The Kier molecular flexibility index (Phi) is 3.57. The Labute approximate surface area is 107 Å². The van der Waals surface area contributed by atoms with Crippen molar-refractivity contribution in [2.24, 2.45) is 0 Å². The molecule has 1 aromatic carbocycles. The molecule has 0 fully saturated rings. The summed E-state index contributed by atoms with van der Waals surface area (Å²) in [6, 6.07) is 4.98. The van der Waals surface area contributed by atoms with Crippen LogP contribution in [0.3, 0.4) is 0 Å². The average Bonchev–Trinajstić information content (AvgIpc) is 2.74. The second-order valence-corrected chi connectivity index (χ2v) is 4.58. The van der Waals surface area contributed by atoms with E-state index in [1.54, 1.807) is 24.6 Å². The van der Waals surface area contributed by atoms with Crippen molar-refractivity contribution in [3.8, 4) is 0 Å². The first-order valence-electron chi connectivity index (χ1n) is 5.23. The maximum atomic E-state index is 13.5. The number of aliphatic carboxylic acids is 1. The highest BCUT2D eigenvalue weighted by Gasteiger charge is 2.24. The van der Waals surface area contributed by atoms with Crippen LogP contribution in [-0.2, 0) is 4.79 Å². The van der Waals surface area contributed by atoms with Gasteiger partial charge in [0.15, 0.2) is 6.04 Å². The summed E-state index contributed by atoms with van der Waals surface area (Å²) in [6.45, 7) is 1.73. The lowest BCUT2D eigenvalue weighted by atomic mass is 10.2. The molecule has 0 amide bonds. The molecular formula is C12H11FN2O2S. The van der Waals surface area contributed by atoms with E-state index in [0.717, 1.165) is 0 Å². The van der Waals surface area contributed by atoms with Gasteiger partial charge in [-0.2, -0.15) is 0 Å². The maximum absolute atomic E-state index is 13.5. The topological polar surface area (TPSA) is 62.2 Å². The molecule has 0 radical (unpaired) electrons. The molecule has 1 aromatic heterocycles. The molecule has 2 N–H and O–H groups in total. The number of carbonyl (C=O) groups is 1. The van der Waals surface area contributed by atoms with E-state index < -0.39 is 17.8 Å². The van der Waals surface area contributed by atoms with Crippen molar-refractivity contribution >= 4 is 23.0 Å². The number of hydrogen-bond acceptors (Lipinski definition) is 4. The summed E-state index contributed by atoms with van der Waals surface area (Å²) in [5.41, 5.74) is 2.37. The molecular weight excluding hydrogens is 255 g/mol. The molecule has 0 bridgehead atoms. The van der Waals surface area contributed by atoms with E-state index in [1.165, 1.54) is 23.5 Å². The van der Waals surface area contributed by atoms with Crippen LogP contribution < -0.4 is 5.32 Å². The molecule has 94 valence electrons. The van der Waals surface area contributed by atoms with E-state index in [-0.39, 0.29) is 5.69 Å². The highest BCUT2D eigenvalue weighted by molar-refractivity contribution is 7.10. The number of aryl methyl sites for hydroxylation is 1. The van der Waals surface area contributed by atoms with Crippen LogP contribution in [0.25, 0.3) is 0 Å². The zero-order valence-electron chi connectivity index (χ0n) is 9.55. The lowest BCUT2D eigenvalue weighted by Crippen LogP contribution is -2.20. The number of rotatable bonds is 4. The summed E-state index contributed by atoms with van der Waals surface area (Å²) in [5, 5.41) is 11.9. The number of carboxylic acids is 1. The molecule has 0 saturated heterocycles. The monoisotopic (exact) mass is 266 g/mol. The number of halogens is 1. The van der Waals surface area contributed by atoms with Gasteiger partial charge in [-0.3, -0.25) is 0 Å². The standard InChI is InChI=1S/C12H11FN2O2S/c1-7-11(18-6-14-7)10(12(16)17)15-9-5-3-2-4-8(9)13/h2-6,10,15H,1H3,(H,16,17). The second kappa shape index (κ2) is 5.14. The zero-order chi connectivity index (χ0) is 13.1. The van der Waals surface area contributed by atoms with Crippen LogP contribution in [-0.4, -0.2) is 16.1 Å². The van der Waals surface area contributed by atoms with E-state index in [4.69, 9.17) is 0 Å². The molecule has 0 aliphatic rings. The van der Waals surface area contributed by atoms with E-state index in [2.05, 4.69) is 10.3 Å². The number of thiazole rings is 1. The van der Waals surface area contributed by atoms with E-state index in [0.29, 0.717) is 10.6 Å². The van der Waals surface area contributed by atoms with Crippen LogP contribution >= 0.6 is 11.3 Å². The third-order valence-electron chi connectivity index (χ3n) is 2.47. The van der Waals surface area contributed by atoms with E-state index in [1.807, 2.05) is 0 Å². The van der Waals surface area contributed by atoms with Crippen molar-refractivity contribution in [1.82, 2.24) is 4.98 Å².